The standard InChI is InChI=1S/C19H15ClF3N3O3S/c1-9-16-12-7-11(26(27)28)4-6-15(12)29-18(9,2)25(17(30)24-16)10-3-5-14(20)13(8-10)19(21,22)23/h3-9,16H,1-2H3,(H,24,30)/t9-,16+,18+/m1/s1. The minimum atomic E-state index is -4.63. The first-order valence-corrected chi connectivity index (χ1v) is 9.67. The fourth-order valence-electron chi connectivity index (χ4n) is 3.97. The van der Waals surface area contributed by atoms with E-state index in [1.165, 1.54) is 35.2 Å². The van der Waals surface area contributed by atoms with Crippen LogP contribution >= 0.6 is 23.8 Å². The lowest BCUT2D eigenvalue weighted by Gasteiger charge is -2.56. The Morgan fingerprint density at radius 3 is 2.63 bits per heavy atom. The van der Waals surface area contributed by atoms with Gasteiger partial charge < -0.3 is 10.1 Å². The van der Waals surface area contributed by atoms with Crippen LogP contribution in [0.3, 0.4) is 0 Å². The highest BCUT2D eigenvalue weighted by atomic mass is 35.5. The molecule has 0 aromatic heterocycles. The van der Waals surface area contributed by atoms with Crippen molar-refractivity contribution in [3.63, 3.8) is 0 Å². The number of fused-ring (bicyclic) bond motifs is 4. The Balaban J connectivity index is 1.83. The first-order valence-electron chi connectivity index (χ1n) is 8.88. The number of nitro groups is 1. The van der Waals surface area contributed by atoms with Gasteiger partial charge in [-0.3, -0.25) is 15.0 Å². The van der Waals surface area contributed by atoms with Gasteiger partial charge in [0.15, 0.2) is 10.8 Å². The van der Waals surface area contributed by atoms with E-state index < -0.39 is 33.5 Å². The summed E-state index contributed by atoms with van der Waals surface area (Å²) in [6.45, 7) is 3.57. The van der Waals surface area contributed by atoms with E-state index in [-0.39, 0.29) is 22.4 Å². The van der Waals surface area contributed by atoms with Gasteiger partial charge in [0.25, 0.3) is 5.69 Å². The van der Waals surface area contributed by atoms with Crippen LogP contribution in [0, 0.1) is 16.0 Å². The van der Waals surface area contributed by atoms with Gasteiger partial charge in [-0.05, 0) is 43.4 Å². The molecule has 3 atom stereocenters. The van der Waals surface area contributed by atoms with Crippen LogP contribution in [0.15, 0.2) is 36.4 Å². The molecule has 1 fully saturated rings. The topological polar surface area (TPSA) is 67.6 Å². The van der Waals surface area contributed by atoms with Crippen LogP contribution in [0.1, 0.15) is 31.0 Å². The summed E-state index contributed by atoms with van der Waals surface area (Å²) < 4.78 is 46.3. The van der Waals surface area contributed by atoms with Gasteiger partial charge in [-0.15, -0.1) is 0 Å². The first-order chi connectivity index (χ1) is 13.9. The molecule has 4 rings (SSSR count). The maximum absolute atomic E-state index is 13.4. The highest BCUT2D eigenvalue weighted by molar-refractivity contribution is 7.80. The summed E-state index contributed by atoms with van der Waals surface area (Å²) in [6, 6.07) is 7.37. The summed E-state index contributed by atoms with van der Waals surface area (Å²) in [4.78, 5) is 12.1. The fraction of sp³-hybridized carbons (Fsp3) is 0.316. The number of benzene rings is 2. The number of rotatable bonds is 2. The molecule has 2 bridgehead atoms. The Kier molecular flexibility index (Phi) is 4.62. The van der Waals surface area contributed by atoms with E-state index in [0.717, 1.165) is 6.07 Å². The molecule has 0 radical (unpaired) electrons. The number of alkyl halides is 3. The predicted octanol–water partition coefficient (Wildman–Crippen LogP) is 5.45. The number of nitrogens with zero attached hydrogens (tertiary/aromatic N) is 2. The average molecular weight is 458 g/mol. The summed E-state index contributed by atoms with van der Waals surface area (Å²) in [5.41, 5.74) is -1.46. The Morgan fingerprint density at radius 1 is 1.30 bits per heavy atom. The molecule has 1 saturated heterocycles. The van der Waals surface area contributed by atoms with Gasteiger partial charge in [0.05, 0.1) is 21.6 Å². The number of anilines is 1. The summed E-state index contributed by atoms with van der Waals surface area (Å²) in [7, 11) is 0. The van der Waals surface area contributed by atoms with Crippen molar-refractivity contribution in [1.82, 2.24) is 5.32 Å². The van der Waals surface area contributed by atoms with Gasteiger partial charge in [-0.2, -0.15) is 13.2 Å². The Labute approximate surface area is 179 Å². The molecule has 2 aliphatic rings. The summed E-state index contributed by atoms with van der Waals surface area (Å²) in [5, 5.41) is 14.0. The SMILES string of the molecule is C[C@@H]1[C@@H]2NC(=S)N(c3ccc(Cl)c(C(F)(F)F)c3)[C@@]1(C)Oc1ccc([N+](=O)[O-])cc12. The predicted molar refractivity (Wildman–Crippen MR) is 109 cm³/mol. The smallest absolute Gasteiger partial charge is 0.417 e. The first kappa shape index (κ1) is 20.7. The highest BCUT2D eigenvalue weighted by Gasteiger charge is 2.54. The van der Waals surface area contributed by atoms with Crippen molar-refractivity contribution >= 4 is 40.3 Å². The van der Waals surface area contributed by atoms with E-state index >= 15 is 0 Å². The number of nitrogens with one attached hydrogen (secondary N) is 1. The molecule has 30 heavy (non-hydrogen) atoms. The molecule has 2 heterocycles. The second-order valence-corrected chi connectivity index (χ2v) is 8.14. The second kappa shape index (κ2) is 6.71. The van der Waals surface area contributed by atoms with Crippen LogP contribution in [0.5, 0.6) is 5.75 Å². The van der Waals surface area contributed by atoms with Crippen molar-refractivity contribution in [2.45, 2.75) is 31.8 Å². The van der Waals surface area contributed by atoms with Crippen molar-refractivity contribution in [2.24, 2.45) is 5.92 Å². The van der Waals surface area contributed by atoms with Crippen molar-refractivity contribution in [3.05, 3.63) is 62.7 Å². The molecule has 2 aromatic rings. The third kappa shape index (κ3) is 3.05. The molecule has 11 heteroatoms. The Morgan fingerprint density at radius 2 is 2.00 bits per heavy atom. The maximum Gasteiger partial charge on any atom is 0.417 e. The van der Waals surface area contributed by atoms with Crippen molar-refractivity contribution in [3.8, 4) is 5.75 Å². The zero-order chi connectivity index (χ0) is 22.0. The Hall–Kier alpha value is -2.59. The third-order valence-electron chi connectivity index (χ3n) is 5.64. The summed E-state index contributed by atoms with van der Waals surface area (Å²) in [6.07, 6.45) is -4.63. The molecule has 0 unspecified atom stereocenters. The van der Waals surface area contributed by atoms with Crippen molar-refractivity contribution < 1.29 is 22.8 Å². The lowest BCUT2D eigenvalue weighted by atomic mass is 9.80. The number of non-ortho nitro benzene ring substituents is 1. The van der Waals surface area contributed by atoms with Gasteiger partial charge in [0.1, 0.15) is 5.75 Å². The number of halogens is 4. The molecule has 2 aliphatic heterocycles. The third-order valence-corrected chi connectivity index (χ3v) is 6.27. The molecule has 1 N–H and O–H groups in total. The maximum atomic E-state index is 13.4. The monoisotopic (exact) mass is 457 g/mol. The second-order valence-electron chi connectivity index (χ2n) is 7.35. The summed E-state index contributed by atoms with van der Waals surface area (Å²) in [5.74, 6) is 0.0833. The van der Waals surface area contributed by atoms with Crippen LogP contribution in [-0.2, 0) is 6.18 Å². The fourth-order valence-corrected chi connectivity index (χ4v) is 4.61. The molecule has 6 nitrogen and oxygen atoms in total. The highest BCUT2D eigenvalue weighted by Crippen LogP contribution is 2.50. The molecule has 0 saturated carbocycles. The van der Waals surface area contributed by atoms with Crippen molar-refractivity contribution in [2.75, 3.05) is 4.90 Å². The minimum absolute atomic E-state index is 0.0872. The number of hydrogen-bond donors (Lipinski definition) is 1. The average Bonchev–Trinajstić information content (AvgIpc) is 2.64. The molecule has 0 spiro atoms. The molecule has 2 aromatic carbocycles. The lowest BCUT2D eigenvalue weighted by Crippen LogP contribution is -2.69. The number of hydrogen-bond acceptors (Lipinski definition) is 4. The zero-order valence-corrected chi connectivity index (χ0v) is 17.2. The molecule has 0 aliphatic carbocycles. The quantitative estimate of drug-likeness (QED) is 0.367. The number of nitro benzene ring substituents is 1. The van der Waals surface area contributed by atoms with Gasteiger partial charge in [0.2, 0.25) is 0 Å². The zero-order valence-electron chi connectivity index (χ0n) is 15.7. The van der Waals surface area contributed by atoms with Crippen LogP contribution in [0.2, 0.25) is 5.02 Å². The minimum Gasteiger partial charge on any atom is -0.467 e. The normalized spacial score (nSPS) is 25.3. The van der Waals surface area contributed by atoms with Crippen LogP contribution in [0.25, 0.3) is 0 Å². The van der Waals surface area contributed by atoms with Gasteiger partial charge in [-0.1, -0.05) is 18.5 Å². The molecular weight excluding hydrogens is 443 g/mol. The number of ether oxygens (including phenoxy) is 1. The lowest BCUT2D eigenvalue weighted by molar-refractivity contribution is -0.385. The van der Waals surface area contributed by atoms with E-state index in [2.05, 4.69) is 5.32 Å². The molecule has 158 valence electrons. The molecule has 0 amide bonds. The van der Waals surface area contributed by atoms with E-state index in [4.69, 9.17) is 28.6 Å². The van der Waals surface area contributed by atoms with E-state index in [1.807, 2.05) is 6.92 Å². The van der Waals surface area contributed by atoms with Crippen LogP contribution in [0.4, 0.5) is 24.5 Å². The van der Waals surface area contributed by atoms with Gasteiger partial charge in [0, 0.05) is 29.3 Å². The summed E-state index contributed by atoms with van der Waals surface area (Å²) >= 11 is 11.2. The van der Waals surface area contributed by atoms with E-state index in [0.29, 0.717) is 11.3 Å². The largest absolute Gasteiger partial charge is 0.467 e. The number of thiocarbonyl (C=S) groups is 1. The van der Waals surface area contributed by atoms with Crippen LogP contribution < -0.4 is 15.0 Å². The molecular formula is C19H15ClF3N3O3S. The van der Waals surface area contributed by atoms with E-state index in [9.17, 15) is 23.3 Å². The van der Waals surface area contributed by atoms with Gasteiger partial charge in [-0.25, -0.2) is 0 Å². The van der Waals surface area contributed by atoms with Crippen LogP contribution in [-0.4, -0.2) is 15.8 Å². The van der Waals surface area contributed by atoms with E-state index in [1.54, 1.807) is 6.92 Å². The van der Waals surface area contributed by atoms with Crippen molar-refractivity contribution in [1.29, 1.82) is 0 Å². The van der Waals surface area contributed by atoms with Gasteiger partial charge >= 0.3 is 6.18 Å². The Bertz CT molecular complexity index is 1080.